The van der Waals surface area contributed by atoms with Crippen molar-refractivity contribution in [2.24, 2.45) is 0 Å². The second-order valence-electron chi connectivity index (χ2n) is 7.62. The van der Waals surface area contributed by atoms with Gasteiger partial charge in [-0.3, -0.25) is 9.69 Å². The Morgan fingerprint density at radius 2 is 1.83 bits per heavy atom. The second kappa shape index (κ2) is 10.1. The maximum absolute atomic E-state index is 12.6. The van der Waals surface area contributed by atoms with E-state index in [4.69, 9.17) is 4.74 Å². The van der Waals surface area contributed by atoms with Gasteiger partial charge >= 0.3 is 6.03 Å². The number of hydrogen-bond acceptors (Lipinski definition) is 4. The maximum Gasteiger partial charge on any atom is 0.319 e. The maximum atomic E-state index is 12.6. The Labute approximate surface area is 178 Å². The summed E-state index contributed by atoms with van der Waals surface area (Å²) < 4.78 is 5.55. The quantitative estimate of drug-likeness (QED) is 0.734. The van der Waals surface area contributed by atoms with Gasteiger partial charge in [-0.15, -0.1) is 0 Å². The summed E-state index contributed by atoms with van der Waals surface area (Å²) in [6, 6.07) is 14.6. The van der Waals surface area contributed by atoms with E-state index in [0.29, 0.717) is 17.8 Å². The smallest absolute Gasteiger partial charge is 0.319 e. The molecule has 1 aliphatic heterocycles. The fourth-order valence-corrected chi connectivity index (χ4v) is 3.78. The first-order valence-corrected chi connectivity index (χ1v) is 10.2. The van der Waals surface area contributed by atoms with Crippen molar-refractivity contribution >= 4 is 17.6 Å². The van der Waals surface area contributed by atoms with Crippen LogP contribution in [-0.4, -0.2) is 62.6 Å². The van der Waals surface area contributed by atoms with Crippen molar-refractivity contribution in [3.8, 4) is 5.75 Å². The number of nitrogens with zero attached hydrogens (tertiary/aromatic N) is 2. The lowest BCUT2D eigenvalue weighted by Crippen LogP contribution is -2.38. The van der Waals surface area contributed by atoms with Crippen LogP contribution in [0.15, 0.2) is 48.5 Å². The predicted molar refractivity (Wildman–Crippen MR) is 118 cm³/mol. The van der Waals surface area contributed by atoms with Gasteiger partial charge in [-0.25, -0.2) is 4.79 Å². The molecule has 3 amide bonds. The fourth-order valence-electron chi connectivity index (χ4n) is 3.78. The summed E-state index contributed by atoms with van der Waals surface area (Å²) in [6.07, 6.45) is 2.31. The van der Waals surface area contributed by atoms with E-state index in [1.807, 2.05) is 18.2 Å². The standard InChI is InChI=1S/C23H30N4O3/c1-26(2)22(28)17-9-8-10-18(15-17)25-23(29)24-16-20(27-13-6-7-14-27)19-11-4-5-12-21(19)30-3/h4-5,8-12,15,20H,6-7,13-14,16H2,1-3H3,(H2,24,25,29). The number of anilines is 1. The molecule has 2 N–H and O–H groups in total. The van der Waals surface area contributed by atoms with E-state index in [1.54, 1.807) is 45.5 Å². The van der Waals surface area contributed by atoms with Crippen molar-refractivity contribution in [1.29, 1.82) is 0 Å². The summed E-state index contributed by atoms with van der Waals surface area (Å²) in [5, 5.41) is 5.82. The summed E-state index contributed by atoms with van der Waals surface area (Å²) in [6.45, 7) is 2.46. The molecule has 1 unspecified atom stereocenters. The zero-order valence-corrected chi connectivity index (χ0v) is 17.9. The van der Waals surface area contributed by atoms with Gasteiger partial charge in [0.15, 0.2) is 0 Å². The Balaban J connectivity index is 1.68. The molecule has 1 saturated heterocycles. The van der Waals surface area contributed by atoms with Gasteiger partial charge in [-0.05, 0) is 50.2 Å². The Kier molecular flexibility index (Phi) is 7.30. The number of hydrogen-bond donors (Lipinski definition) is 2. The molecule has 0 aliphatic carbocycles. The Hall–Kier alpha value is -3.06. The lowest BCUT2D eigenvalue weighted by Gasteiger charge is -2.29. The number of carbonyl (C=O) groups is 2. The number of likely N-dealkylation sites (tertiary alicyclic amines) is 1. The molecule has 2 aromatic carbocycles. The minimum atomic E-state index is -0.302. The molecular formula is C23H30N4O3. The number of para-hydroxylation sites is 1. The largest absolute Gasteiger partial charge is 0.496 e. The van der Waals surface area contributed by atoms with Gasteiger partial charge in [0, 0.05) is 37.5 Å². The van der Waals surface area contributed by atoms with Crippen molar-refractivity contribution in [2.45, 2.75) is 18.9 Å². The summed E-state index contributed by atoms with van der Waals surface area (Å²) in [5.41, 5.74) is 2.18. The van der Waals surface area contributed by atoms with Gasteiger partial charge in [-0.1, -0.05) is 24.3 Å². The average molecular weight is 411 g/mol. The van der Waals surface area contributed by atoms with E-state index in [0.717, 1.165) is 37.2 Å². The molecule has 160 valence electrons. The van der Waals surface area contributed by atoms with E-state index in [2.05, 4.69) is 21.6 Å². The van der Waals surface area contributed by atoms with E-state index in [9.17, 15) is 9.59 Å². The van der Waals surface area contributed by atoms with Gasteiger partial charge in [-0.2, -0.15) is 0 Å². The summed E-state index contributed by atoms with van der Waals surface area (Å²) in [7, 11) is 5.07. The van der Waals surface area contributed by atoms with Crippen LogP contribution in [-0.2, 0) is 0 Å². The third-order valence-electron chi connectivity index (χ3n) is 5.31. The van der Waals surface area contributed by atoms with Gasteiger partial charge in [0.25, 0.3) is 5.91 Å². The van der Waals surface area contributed by atoms with Crippen LogP contribution in [0.2, 0.25) is 0 Å². The summed E-state index contributed by atoms with van der Waals surface area (Å²) in [4.78, 5) is 28.6. The molecule has 0 radical (unpaired) electrons. The number of benzene rings is 2. The molecule has 0 saturated carbocycles. The van der Waals surface area contributed by atoms with Crippen molar-refractivity contribution < 1.29 is 14.3 Å². The molecule has 7 nitrogen and oxygen atoms in total. The van der Waals surface area contributed by atoms with Crippen molar-refractivity contribution in [2.75, 3.05) is 46.2 Å². The second-order valence-corrected chi connectivity index (χ2v) is 7.62. The van der Waals surface area contributed by atoms with Crippen molar-refractivity contribution in [3.63, 3.8) is 0 Å². The van der Waals surface area contributed by atoms with Crippen LogP contribution in [0.1, 0.15) is 34.8 Å². The molecule has 30 heavy (non-hydrogen) atoms. The molecule has 1 aliphatic rings. The van der Waals surface area contributed by atoms with E-state index in [1.165, 1.54) is 4.90 Å². The van der Waals surface area contributed by atoms with Crippen LogP contribution < -0.4 is 15.4 Å². The molecule has 1 fully saturated rings. The summed E-state index contributed by atoms with van der Waals surface area (Å²) >= 11 is 0. The number of amides is 3. The first-order valence-electron chi connectivity index (χ1n) is 10.2. The van der Waals surface area contributed by atoms with Crippen molar-refractivity contribution in [1.82, 2.24) is 15.1 Å². The number of urea groups is 1. The zero-order valence-electron chi connectivity index (χ0n) is 17.9. The average Bonchev–Trinajstić information content (AvgIpc) is 3.28. The predicted octanol–water partition coefficient (Wildman–Crippen LogP) is 3.36. The number of rotatable bonds is 7. The highest BCUT2D eigenvalue weighted by atomic mass is 16.5. The lowest BCUT2D eigenvalue weighted by molar-refractivity contribution is 0.0827. The SMILES string of the molecule is COc1ccccc1C(CNC(=O)Nc1cccc(C(=O)N(C)C)c1)N1CCCC1. The number of methoxy groups -OCH3 is 1. The molecular weight excluding hydrogens is 380 g/mol. The van der Waals surface area contributed by atoms with Gasteiger partial charge in [0.2, 0.25) is 0 Å². The van der Waals surface area contributed by atoms with Crippen LogP contribution >= 0.6 is 0 Å². The third kappa shape index (κ3) is 5.30. The molecule has 0 bridgehead atoms. The topological polar surface area (TPSA) is 73.9 Å². The molecule has 2 aromatic rings. The molecule has 3 rings (SSSR count). The summed E-state index contributed by atoms with van der Waals surface area (Å²) in [5.74, 6) is 0.718. The van der Waals surface area contributed by atoms with Crippen LogP contribution in [0.4, 0.5) is 10.5 Å². The van der Waals surface area contributed by atoms with E-state index in [-0.39, 0.29) is 18.0 Å². The number of carbonyl (C=O) groups excluding carboxylic acids is 2. The van der Waals surface area contributed by atoms with Gasteiger partial charge < -0.3 is 20.3 Å². The third-order valence-corrected chi connectivity index (χ3v) is 5.31. The molecule has 0 spiro atoms. The van der Waals surface area contributed by atoms with Crippen LogP contribution in [0, 0.1) is 0 Å². The van der Waals surface area contributed by atoms with Crippen LogP contribution in [0.3, 0.4) is 0 Å². The zero-order chi connectivity index (χ0) is 21.5. The Morgan fingerprint density at radius 3 is 2.53 bits per heavy atom. The minimum absolute atomic E-state index is 0.0380. The van der Waals surface area contributed by atoms with E-state index < -0.39 is 0 Å². The molecule has 1 heterocycles. The Bertz CT molecular complexity index is 878. The van der Waals surface area contributed by atoms with Gasteiger partial charge in [0.05, 0.1) is 13.2 Å². The van der Waals surface area contributed by atoms with Crippen molar-refractivity contribution in [3.05, 3.63) is 59.7 Å². The van der Waals surface area contributed by atoms with E-state index >= 15 is 0 Å². The normalized spacial score (nSPS) is 14.8. The highest BCUT2D eigenvalue weighted by Gasteiger charge is 2.26. The van der Waals surface area contributed by atoms with Crippen LogP contribution in [0.25, 0.3) is 0 Å². The highest BCUT2D eigenvalue weighted by Crippen LogP contribution is 2.31. The minimum Gasteiger partial charge on any atom is -0.496 e. The lowest BCUT2D eigenvalue weighted by atomic mass is 10.0. The molecule has 1 atom stereocenters. The molecule has 7 heteroatoms. The van der Waals surface area contributed by atoms with Gasteiger partial charge in [0.1, 0.15) is 5.75 Å². The Morgan fingerprint density at radius 1 is 1.10 bits per heavy atom. The molecule has 0 aromatic heterocycles. The number of ether oxygens (including phenoxy) is 1. The fraction of sp³-hybridized carbons (Fsp3) is 0.391. The highest BCUT2D eigenvalue weighted by molar-refractivity contribution is 5.96. The monoisotopic (exact) mass is 410 g/mol. The first kappa shape index (κ1) is 21.6. The number of nitrogens with one attached hydrogen (secondary N) is 2. The first-order chi connectivity index (χ1) is 14.5. The van der Waals surface area contributed by atoms with Crippen LogP contribution in [0.5, 0.6) is 5.75 Å².